The molecule has 38 heavy (non-hydrogen) atoms. The fourth-order valence-electron chi connectivity index (χ4n) is 4.74. The lowest BCUT2D eigenvalue weighted by atomic mass is 9.85. The summed E-state index contributed by atoms with van der Waals surface area (Å²) < 4.78 is 5.52. The van der Waals surface area contributed by atoms with E-state index in [1.54, 1.807) is 0 Å². The molecule has 0 bridgehead atoms. The maximum atomic E-state index is 13.2. The van der Waals surface area contributed by atoms with Crippen molar-refractivity contribution in [3.8, 4) is 6.07 Å². The van der Waals surface area contributed by atoms with Crippen LogP contribution in [0.15, 0.2) is 24.3 Å². The Kier molecular flexibility index (Phi) is 9.74. The fourth-order valence-corrected chi connectivity index (χ4v) is 4.74. The van der Waals surface area contributed by atoms with Crippen molar-refractivity contribution in [2.24, 2.45) is 11.1 Å². The molecule has 2 aliphatic rings. The van der Waals surface area contributed by atoms with Gasteiger partial charge in [-0.3, -0.25) is 14.4 Å². The van der Waals surface area contributed by atoms with Crippen molar-refractivity contribution in [2.75, 3.05) is 31.6 Å². The standard InChI is InChI=1S/C28H41N5O5/c1-27(2,3)24(26(37)33-16-21(34)15-22(33)25(30)36)32-23(35)17-38-14-6-4-5-13-31-20-9-7-19(8-10-20)28(18-29)11-12-28/h7-10,21-22,24,31,34H,4-6,11-17H2,1-3H3,(H2,30,36)(H,32,35)/t21-,22+,24-/m1/s1. The fraction of sp³-hybridized carbons (Fsp3) is 0.643. The molecule has 10 heteroatoms. The van der Waals surface area contributed by atoms with Crippen LogP contribution in [0.4, 0.5) is 5.69 Å². The molecule has 1 saturated heterocycles. The number of likely N-dealkylation sites (tertiary alicyclic amines) is 1. The Balaban J connectivity index is 1.33. The predicted molar refractivity (Wildman–Crippen MR) is 143 cm³/mol. The van der Waals surface area contributed by atoms with Crippen LogP contribution in [0.3, 0.4) is 0 Å². The van der Waals surface area contributed by atoms with Crippen LogP contribution < -0.4 is 16.4 Å². The first-order valence-corrected chi connectivity index (χ1v) is 13.4. The van der Waals surface area contributed by atoms with Gasteiger partial charge in [-0.1, -0.05) is 32.9 Å². The molecule has 1 aliphatic carbocycles. The van der Waals surface area contributed by atoms with Gasteiger partial charge in [0.2, 0.25) is 17.7 Å². The number of primary amides is 1. The molecule has 0 radical (unpaired) electrons. The number of amides is 3. The summed E-state index contributed by atoms with van der Waals surface area (Å²) in [5.74, 6) is -1.53. The van der Waals surface area contributed by atoms with Gasteiger partial charge in [0.15, 0.2) is 0 Å². The van der Waals surface area contributed by atoms with Gasteiger partial charge < -0.3 is 31.1 Å². The van der Waals surface area contributed by atoms with Crippen molar-refractivity contribution in [3.05, 3.63) is 29.8 Å². The minimum atomic E-state index is -0.888. The van der Waals surface area contributed by atoms with Gasteiger partial charge in [0, 0.05) is 31.8 Å². The van der Waals surface area contributed by atoms with Crippen LogP contribution in [0.1, 0.15) is 64.9 Å². The number of nitriles is 1. The van der Waals surface area contributed by atoms with Crippen LogP contribution in [-0.2, 0) is 24.5 Å². The first-order chi connectivity index (χ1) is 18.0. The van der Waals surface area contributed by atoms with E-state index in [-0.39, 0.29) is 25.0 Å². The summed E-state index contributed by atoms with van der Waals surface area (Å²) in [6.07, 6.45) is 3.83. The largest absolute Gasteiger partial charge is 0.391 e. The third kappa shape index (κ3) is 7.68. The number of carbonyl (C=O) groups excluding carboxylic acids is 3. The molecule has 1 saturated carbocycles. The number of aliphatic hydroxyl groups is 1. The number of nitrogens with two attached hydrogens (primary N) is 1. The lowest BCUT2D eigenvalue weighted by Gasteiger charge is -2.35. The van der Waals surface area contributed by atoms with Crippen LogP contribution >= 0.6 is 0 Å². The highest BCUT2D eigenvalue weighted by Crippen LogP contribution is 2.47. The summed E-state index contributed by atoms with van der Waals surface area (Å²) in [5, 5.41) is 25.4. The van der Waals surface area contributed by atoms with Crippen LogP contribution in [0.5, 0.6) is 0 Å². The van der Waals surface area contributed by atoms with E-state index in [0.29, 0.717) is 6.61 Å². The van der Waals surface area contributed by atoms with Gasteiger partial charge in [-0.15, -0.1) is 0 Å². The smallest absolute Gasteiger partial charge is 0.246 e. The number of carbonyl (C=O) groups is 3. The SMILES string of the molecule is CC(C)(C)[C@H](NC(=O)COCCCCCNc1ccc(C2(C#N)CC2)cc1)C(=O)N1C[C@H](O)C[C@H]1C(N)=O. The summed E-state index contributed by atoms with van der Waals surface area (Å²) in [4.78, 5) is 38.7. The average molecular weight is 528 g/mol. The highest BCUT2D eigenvalue weighted by atomic mass is 16.5. The van der Waals surface area contributed by atoms with Crippen molar-refractivity contribution in [2.45, 2.75) is 82.9 Å². The number of unbranched alkanes of at least 4 members (excludes halogenated alkanes) is 2. The Morgan fingerprint density at radius 3 is 2.47 bits per heavy atom. The van der Waals surface area contributed by atoms with Crippen molar-refractivity contribution in [1.29, 1.82) is 5.26 Å². The van der Waals surface area contributed by atoms with Gasteiger partial charge in [-0.25, -0.2) is 0 Å². The van der Waals surface area contributed by atoms with Gasteiger partial charge in [-0.05, 0) is 55.2 Å². The predicted octanol–water partition coefficient (Wildman–Crippen LogP) is 1.82. The Bertz CT molecular complexity index is 1030. The molecule has 0 spiro atoms. The Morgan fingerprint density at radius 1 is 1.21 bits per heavy atom. The molecule has 0 aromatic heterocycles. The van der Waals surface area contributed by atoms with Gasteiger partial charge >= 0.3 is 0 Å². The first kappa shape index (κ1) is 29.4. The molecule has 3 rings (SSSR count). The van der Waals surface area contributed by atoms with E-state index in [2.05, 4.69) is 16.7 Å². The molecule has 5 N–H and O–H groups in total. The molecule has 1 heterocycles. The molecule has 3 atom stereocenters. The third-order valence-electron chi connectivity index (χ3n) is 7.24. The number of hydrogen-bond donors (Lipinski definition) is 4. The van der Waals surface area contributed by atoms with E-state index in [9.17, 15) is 24.8 Å². The van der Waals surface area contributed by atoms with Crippen molar-refractivity contribution < 1.29 is 24.2 Å². The van der Waals surface area contributed by atoms with Crippen molar-refractivity contribution in [3.63, 3.8) is 0 Å². The first-order valence-electron chi connectivity index (χ1n) is 13.4. The number of ether oxygens (including phenoxy) is 1. The van der Waals surface area contributed by atoms with Gasteiger partial charge in [0.25, 0.3) is 0 Å². The zero-order chi connectivity index (χ0) is 27.9. The van der Waals surface area contributed by atoms with E-state index in [4.69, 9.17) is 10.5 Å². The lowest BCUT2D eigenvalue weighted by Crippen LogP contribution is -2.57. The molecular formula is C28H41N5O5. The Hall–Kier alpha value is -3.16. The van der Waals surface area contributed by atoms with E-state index in [1.807, 2.05) is 45.0 Å². The van der Waals surface area contributed by atoms with Crippen molar-refractivity contribution in [1.82, 2.24) is 10.2 Å². The summed E-state index contributed by atoms with van der Waals surface area (Å²) >= 11 is 0. The quantitative estimate of drug-likeness (QED) is 0.285. The maximum Gasteiger partial charge on any atom is 0.246 e. The summed E-state index contributed by atoms with van der Waals surface area (Å²) in [6, 6.07) is 8.73. The number of benzene rings is 1. The second-order valence-electron chi connectivity index (χ2n) is 11.5. The van der Waals surface area contributed by atoms with Crippen molar-refractivity contribution >= 4 is 23.4 Å². The minimum absolute atomic E-state index is 0.00739. The number of anilines is 1. The zero-order valence-corrected chi connectivity index (χ0v) is 22.7. The van der Waals surface area contributed by atoms with Gasteiger partial charge in [0.1, 0.15) is 18.7 Å². The molecule has 10 nitrogen and oxygen atoms in total. The second kappa shape index (κ2) is 12.6. The van der Waals surface area contributed by atoms with Gasteiger partial charge in [-0.2, -0.15) is 5.26 Å². The molecule has 0 unspecified atom stereocenters. The second-order valence-corrected chi connectivity index (χ2v) is 11.5. The van der Waals surface area contributed by atoms with Crippen LogP contribution in [0.2, 0.25) is 0 Å². The number of hydrogen-bond acceptors (Lipinski definition) is 7. The van der Waals surface area contributed by atoms with E-state index in [0.717, 1.165) is 49.9 Å². The van der Waals surface area contributed by atoms with Gasteiger partial charge in [0.05, 0.1) is 17.6 Å². The molecule has 2 fully saturated rings. The molecule has 208 valence electrons. The normalized spacial score (nSPS) is 20.9. The maximum absolute atomic E-state index is 13.2. The number of β-amino-alcohol motifs (C(OH)–C–C–N with tert-alkyl or cyclic N) is 1. The molecule has 1 aromatic rings. The zero-order valence-electron chi connectivity index (χ0n) is 22.7. The molecule has 3 amide bonds. The topological polar surface area (TPSA) is 158 Å². The van der Waals surface area contributed by atoms with E-state index >= 15 is 0 Å². The van der Waals surface area contributed by atoms with Crippen LogP contribution in [0, 0.1) is 16.7 Å². The summed E-state index contributed by atoms with van der Waals surface area (Å²) in [5.41, 5.74) is 6.66. The Morgan fingerprint density at radius 2 is 1.89 bits per heavy atom. The monoisotopic (exact) mass is 527 g/mol. The third-order valence-corrected chi connectivity index (χ3v) is 7.24. The van der Waals surface area contributed by atoms with Crippen LogP contribution in [-0.4, -0.2) is 72.2 Å². The molecular weight excluding hydrogens is 486 g/mol. The Labute approximate surface area is 224 Å². The van der Waals surface area contributed by atoms with Crippen LogP contribution in [0.25, 0.3) is 0 Å². The van der Waals surface area contributed by atoms with E-state index < -0.39 is 41.3 Å². The lowest BCUT2D eigenvalue weighted by molar-refractivity contribution is -0.144. The number of nitrogens with zero attached hydrogens (tertiary/aromatic N) is 2. The highest BCUT2D eigenvalue weighted by molar-refractivity contribution is 5.92. The highest BCUT2D eigenvalue weighted by Gasteiger charge is 2.45. The number of aliphatic hydroxyl groups excluding tert-OH is 1. The minimum Gasteiger partial charge on any atom is -0.391 e. The average Bonchev–Trinajstić information content (AvgIpc) is 3.57. The summed E-state index contributed by atoms with van der Waals surface area (Å²) in [7, 11) is 0. The molecule has 1 aliphatic heterocycles. The summed E-state index contributed by atoms with van der Waals surface area (Å²) in [6.45, 7) is 6.54. The molecule has 1 aromatic carbocycles. The number of rotatable bonds is 13. The van der Waals surface area contributed by atoms with E-state index in [1.165, 1.54) is 4.90 Å². The number of nitrogens with one attached hydrogen (secondary N) is 2.